The summed E-state index contributed by atoms with van der Waals surface area (Å²) in [4.78, 5) is -0.212. The van der Waals surface area contributed by atoms with Crippen molar-refractivity contribution in [3.63, 3.8) is 0 Å². The highest BCUT2D eigenvalue weighted by atomic mass is 32.2. The molecule has 0 aliphatic rings. The molecular formula is C16H14F3NO2S. The van der Waals surface area contributed by atoms with Gasteiger partial charge in [-0.1, -0.05) is 24.3 Å². The Balaban J connectivity index is 2.44. The Kier molecular flexibility index (Phi) is 4.79. The second-order valence-corrected chi connectivity index (χ2v) is 6.54. The predicted molar refractivity (Wildman–Crippen MR) is 82.6 cm³/mol. The molecule has 0 bridgehead atoms. The molecule has 0 heterocycles. The molecule has 2 aromatic rings. The van der Waals surface area contributed by atoms with E-state index >= 15 is 0 Å². The van der Waals surface area contributed by atoms with Crippen LogP contribution in [0.3, 0.4) is 0 Å². The zero-order valence-corrected chi connectivity index (χ0v) is 12.8. The maximum absolute atomic E-state index is 12.7. The van der Waals surface area contributed by atoms with Crippen LogP contribution in [0.25, 0.3) is 0 Å². The van der Waals surface area contributed by atoms with Crippen molar-refractivity contribution >= 4 is 15.7 Å². The zero-order chi connectivity index (χ0) is 17.1. The normalized spacial score (nSPS) is 12.0. The maximum Gasteiger partial charge on any atom is 0.416 e. The maximum atomic E-state index is 12.7. The molecule has 0 atom stereocenters. The summed E-state index contributed by atoms with van der Waals surface area (Å²) in [5, 5.41) is 0. The minimum Gasteiger partial charge on any atom is -0.263 e. The molecular weight excluding hydrogens is 327 g/mol. The van der Waals surface area contributed by atoms with E-state index in [1.807, 2.05) is 0 Å². The Hall–Kier alpha value is -2.28. The van der Waals surface area contributed by atoms with E-state index < -0.39 is 21.8 Å². The van der Waals surface area contributed by atoms with Gasteiger partial charge in [-0.15, -0.1) is 6.58 Å². The fourth-order valence-corrected chi connectivity index (χ4v) is 3.43. The van der Waals surface area contributed by atoms with E-state index in [0.29, 0.717) is 5.69 Å². The summed E-state index contributed by atoms with van der Waals surface area (Å²) >= 11 is 0. The molecule has 0 saturated carbocycles. The summed E-state index contributed by atoms with van der Waals surface area (Å²) in [6.07, 6.45) is -3.10. The lowest BCUT2D eigenvalue weighted by molar-refractivity contribution is -0.137. The highest BCUT2D eigenvalue weighted by Gasteiger charge is 2.31. The van der Waals surface area contributed by atoms with E-state index in [9.17, 15) is 21.6 Å². The highest BCUT2D eigenvalue weighted by molar-refractivity contribution is 7.92. The molecule has 2 rings (SSSR count). The molecule has 7 heteroatoms. The zero-order valence-electron chi connectivity index (χ0n) is 12.0. The van der Waals surface area contributed by atoms with Crippen LogP contribution in [0.1, 0.15) is 5.56 Å². The Morgan fingerprint density at radius 2 is 1.57 bits per heavy atom. The Labute approximate surface area is 132 Å². The Morgan fingerprint density at radius 1 is 1.00 bits per heavy atom. The summed E-state index contributed by atoms with van der Waals surface area (Å²) in [5.41, 5.74) is -0.487. The molecule has 0 aliphatic carbocycles. The number of hydrogen-bond donors (Lipinski definition) is 0. The van der Waals surface area contributed by atoms with Crippen molar-refractivity contribution in [2.75, 3.05) is 10.8 Å². The summed E-state index contributed by atoms with van der Waals surface area (Å²) in [5.74, 6) is 0. The molecule has 0 radical (unpaired) electrons. The first-order valence-electron chi connectivity index (χ1n) is 6.63. The Morgan fingerprint density at radius 3 is 2.04 bits per heavy atom. The van der Waals surface area contributed by atoms with E-state index in [-0.39, 0.29) is 11.4 Å². The van der Waals surface area contributed by atoms with Gasteiger partial charge in [-0.05, 0) is 36.4 Å². The SMILES string of the molecule is C=CCN(c1ccccc1)S(=O)(=O)c1ccc(C(F)(F)F)cc1. The van der Waals surface area contributed by atoms with Crippen LogP contribution in [0.5, 0.6) is 0 Å². The fourth-order valence-electron chi connectivity index (χ4n) is 2.00. The van der Waals surface area contributed by atoms with Crippen molar-refractivity contribution in [1.29, 1.82) is 0 Å². The summed E-state index contributed by atoms with van der Waals surface area (Å²) in [6.45, 7) is 3.53. The van der Waals surface area contributed by atoms with Crippen LogP contribution in [0, 0.1) is 0 Å². The third-order valence-corrected chi connectivity index (χ3v) is 4.92. The van der Waals surface area contributed by atoms with Crippen LogP contribution in [0.4, 0.5) is 18.9 Å². The lowest BCUT2D eigenvalue weighted by Crippen LogP contribution is -2.31. The minimum atomic E-state index is -4.51. The van der Waals surface area contributed by atoms with Crippen LogP contribution >= 0.6 is 0 Å². The molecule has 2 aromatic carbocycles. The third kappa shape index (κ3) is 3.73. The second-order valence-electron chi connectivity index (χ2n) is 4.68. The van der Waals surface area contributed by atoms with Gasteiger partial charge in [-0.2, -0.15) is 13.2 Å². The molecule has 0 saturated heterocycles. The van der Waals surface area contributed by atoms with Gasteiger partial charge >= 0.3 is 6.18 Å². The number of halogens is 3. The number of alkyl halides is 3. The molecule has 0 amide bonds. The number of hydrogen-bond acceptors (Lipinski definition) is 2. The van der Waals surface area contributed by atoms with Crippen molar-refractivity contribution in [1.82, 2.24) is 0 Å². The van der Waals surface area contributed by atoms with Crippen molar-refractivity contribution in [2.24, 2.45) is 0 Å². The van der Waals surface area contributed by atoms with Gasteiger partial charge in [0.15, 0.2) is 0 Å². The molecule has 0 fully saturated rings. The number of nitrogens with zero attached hydrogens (tertiary/aromatic N) is 1. The summed E-state index contributed by atoms with van der Waals surface area (Å²) in [6, 6.07) is 11.7. The number of benzene rings is 2. The van der Waals surface area contributed by atoms with E-state index in [1.54, 1.807) is 30.3 Å². The lowest BCUT2D eigenvalue weighted by Gasteiger charge is -2.23. The lowest BCUT2D eigenvalue weighted by atomic mass is 10.2. The number of anilines is 1. The monoisotopic (exact) mass is 341 g/mol. The summed E-state index contributed by atoms with van der Waals surface area (Å²) < 4.78 is 64.2. The van der Waals surface area contributed by atoms with Gasteiger partial charge in [0.25, 0.3) is 10.0 Å². The van der Waals surface area contributed by atoms with Crippen LogP contribution in [-0.4, -0.2) is 15.0 Å². The molecule has 0 aliphatic heterocycles. The second kappa shape index (κ2) is 6.45. The Bertz CT molecular complexity index is 769. The molecule has 0 spiro atoms. The van der Waals surface area contributed by atoms with Crippen molar-refractivity contribution in [3.8, 4) is 0 Å². The molecule has 3 nitrogen and oxygen atoms in total. The average Bonchev–Trinajstić information content (AvgIpc) is 2.52. The minimum absolute atomic E-state index is 0.00731. The van der Waals surface area contributed by atoms with Gasteiger partial charge in [0.05, 0.1) is 22.7 Å². The van der Waals surface area contributed by atoms with Crippen molar-refractivity contribution in [2.45, 2.75) is 11.1 Å². The van der Waals surface area contributed by atoms with Crippen LogP contribution in [0.15, 0.2) is 72.1 Å². The van der Waals surface area contributed by atoms with Gasteiger partial charge < -0.3 is 0 Å². The van der Waals surface area contributed by atoms with E-state index in [4.69, 9.17) is 0 Å². The van der Waals surface area contributed by atoms with Crippen molar-refractivity contribution < 1.29 is 21.6 Å². The van der Waals surface area contributed by atoms with Crippen LogP contribution in [0.2, 0.25) is 0 Å². The quantitative estimate of drug-likeness (QED) is 0.768. The highest BCUT2D eigenvalue weighted by Crippen LogP contribution is 2.31. The largest absolute Gasteiger partial charge is 0.416 e. The average molecular weight is 341 g/mol. The number of rotatable bonds is 5. The fraction of sp³-hybridized carbons (Fsp3) is 0.125. The number of para-hydroxylation sites is 1. The molecule has 0 N–H and O–H groups in total. The van der Waals surface area contributed by atoms with Crippen molar-refractivity contribution in [3.05, 3.63) is 72.8 Å². The van der Waals surface area contributed by atoms with Gasteiger partial charge in [0, 0.05) is 0 Å². The van der Waals surface area contributed by atoms with E-state index in [0.717, 1.165) is 28.6 Å². The van der Waals surface area contributed by atoms with E-state index in [1.165, 1.54) is 6.08 Å². The van der Waals surface area contributed by atoms with E-state index in [2.05, 4.69) is 6.58 Å². The van der Waals surface area contributed by atoms with Gasteiger partial charge in [-0.25, -0.2) is 8.42 Å². The third-order valence-electron chi connectivity index (χ3n) is 3.11. The number of sulfonamides is 1. The van der Waals surface area contributed by atoms with Gasteiger partial charge in [0.1, 0.15) is 0 Å². The predicted octanol–water partition coefficient (Wildman–Crippen LogP) is 4.09. The topological polar surface area (TPSA) is 37.4 Å². The molecule has 122 valence electrons. The van der Waals surface area contributed by atoms with Crippen LogP contribution in [-0.2, 0) is 16.2 Å². The molecule has 0 unspecified atom stereocenters. The van der Waals surface area contributed by atoms with Crippen LogP contribution < -0.4 is 4.31 Å². The smallest absolute Gasteiger partial charge is 0.263 e. The van der Waals surface area contributed by atoms with Gasteiger partial charge in [0.2, 0.25) is 0 Å². The summed E-state index contributed by atoms with van der Waals surface area (Å²) in [7, 11) is -3.98. The molecule has 0 aromatic heterocycles. The molecule has 23 heavy (non-hydrogen) atoms. The first-order valence-corrected chi connectivity index (χ1v) is 8.07. The van der Waals surface area contributed by atoms with Gasteiger partial charge in [-0.3, -0.25) is 4.31 Å². The standard InChI is InChI=1S/C16H14F3NO2S/c1-2-12-20(14-6-4-3-5-7-14)23(21,22)15-10-8-13(9-11-15)16(17,18)19/h2-11H,1,12H2. The first kappa shape index (κ1) is 17.1. The first-order chi connectivity index (χ1) is 10.8.